The van der Waals surface area contributed by atoms with Crippen LogP contribution < -0.4 is 0 Å². The van der Waals surface area contributed by atoms with Gasteiger partial charge in [-0.05, 0) is 35.4 Å². The third kappa shape index (κ3) is 3.50. The Hall–Kier alpha value is -1.68. The van der Waals surface area contributed by atoms with Gasteiger partial charge in [-0.2, -0.15) is 0 Å². The van der Waals surface area contributed by atoms with E-state index in [0.717, 1.165) is 17.8 Å². The van der Waals surface area contributed by atoms with Crippen LogP contribution >= 0.6 is 0 Å². The Labute approximate surface area is 126 Å². The molecule has 0 radical (unpaired) electrons. The van der Waals surface area contributed by atoms with Crippen LogP contribution in [0.5, 0.6) is 0 Å². The SMILES string of the molecule is CC(C)Cc1c(CO)nnn1-c1ccc(C(C)(C)C)cc1. The van der Waals surface area contributed by atoms with Crippen LogP contribution in [-0.4, -0.2) is 20.1 Å². The lowest BCUT2D eigenvalue weighted by molar-refractivity contribution is 0.275. The first-order chi connectivity index (χ1) is 9.82. The molecular formula is C17H25N3O. The van der Waals surface area contributed by atoms with Gasteiger partial charge in [0.25, 0.3) is 0 Å². The Morgan fingerprint density at radius 1 is 1.14 bits per heavy atom. The Balaban J connectivity index is 2.40. The van der Waals surface area contributed by atoms with E-state index in [-0.39, 0.29) is 12.0 Å². The zero-order valence-corrected chi connectivity index (χ0v) is 13.6. The van der Waals surface area contributed by atoms with Gasteiger partial charge in [0.2, 0.25) is 0 Å². The zero-order chi connectivity index (χ0) is 15.6. The van der Waals surface area contributed by atoms with Crippen LogP contribution in [-0.2, 0) is 18.4 Å². The summed E-state index contributed by atoms with van der Waals surface area (Å²) >= 11 is 0. The maximum Gasteiger partial charge on any atom is 0.112 e. The fourth-order valence-corrected chi connectivity index (χ4v) is 2.36. The van der Waals surface area contributed by atoms with E-state index >= 15 is 0 Å². The first-order valence-corrected chi connectivity index (χ1v) is 7.48. The van der Waals surface area contributed by atoms with Crippen molar-refractivity contribution >= 4 is 0 Å². The van der Waals surface area contributed by atoms with E-state index < -0.39 is 0 Å². The van der Waals surface area contributed by atoms with Gasteiger partial charge in [0.1, 0.15) is 5.69 Å². The summed E-state index contributed by atoms with van der Waals surface area (Å²) in [6.45, 7) is 10.8. The molecule has 4 heteroatoms. The van der Waals surface area contributed by atoms with Crippen molar-refractivity contribution in [3.63, 3.8) is 0 Å². The molecule has 21 heavy (non-hydrogen) atoms. The molecule has 1 aromatic heterocycles. The number of hydrogen-bond donors (Lipinski definition) is 1. The molecule has 0 saturated carbocycles. The van der Waals surface area contributed by atoms with Gasteiger partial charge in [0.15, 0.2) is 0 Å². The number of rotatable bonds is 4. The minimum absolute atomic E-state index is 0.0673. The van der Waals surface area contributed by atoms with Crippen molar-refractivity contribution in [1.82, 2.24) is 15.0 Å². The lowest BCUT2D eigenvalue weighted by Gasteiger charge is -2.19. The van der Waals surface area contributed by atoms with Crippen molar-refractivity contribution in [1.29, 1.82) is 0 Å². The van der Waals surface area contributed by atoms with E-state index in [4.69, 9.17) is 0 Å². The Morgan fingerprint density at radius 3 is 2.24 bits per heavy atom. The molecule has 1 heterocycles. The molecule has 0 aliphatic heterocycles. The van der Waals surface area contributed by atoms with Gasteiger partial charge in [-0.15, -0.1) is 5.10 Å². The summed E-state index contributed by atoms with van der Waals surface area (Å²) in [5, 5.41) is 17.7. The van der Waals surface area contributed by atoms with Gasteiger partial charge >= 0.3 is 0 Å². The molecule has 0 spiro atoms. The third-order valence-corrected chi connectivity index (χ3v) is 3.57. The predicted molar refractivity (Wildman–Crippen MR) is 84.5 cm³/mol. The lowest BCUT2D eigenvalue weighted by Crippen LogP contribution is -2.12. The number of aliphatic hydroxyl groups is 1. The highest BCUT2D eigenvalue weighted by Crippen LogP contribution is 2.24. The highest BCUT2D eigenvalue weighted by molar-refractivity contribution is 5.38. The molecule has 0 atom stereocenters. The molecule has 0 amide bonds. The van der Waals surface area contributed by atoms with E-state index in [1.165, 1.54) is 5.56 Å². The van der Waals surface area contributed by atoms with Crippen LogP contribution in [0.3, 0.4) is 0 Å². The van der Waals surface area contributed by atoms with Crippen LogP contribution in [0, 0.1) is 5.92 Å². The van der Waals surface area contributed by atoms with Crippen molar-refractivity contribution in [2.45, 2.75) is 53.1 Å². The average molecular weight is 287 g/mol. The minimum Gasteiger partial charge on any atom is -0.390 e. The van der Waals surface area contributed by atoms with Gasteiger partial charge in [0.05, 0.1) is 18.0 Å². The molecule has 0 saturated heterocycles. The molecule has 0 unspecified atom stereocenters. The van der Waals surface area contributed by atoms with Crippen molar-refractivity contribution in [3.8, 4) is 5.69 Å². The van der Waals surface area contributed by atoms with Crippen LogP contribution in [0.15, 0.2) is 24.3 Å². The smallest absolute Gasteiger partial charge is 0.112 e. The minimum atomic E-state index is -0.0673. The molecule has 0 bridgehead atoms. The molecule has 1 aromatic carbocycles. The summed E-state index contributed by atoms with van der Waals surface area (Å²) in [7, 11) is 0. The average Bonchev–Trinajstić information content (AvgIpc) is 2.80. The van der Waals surface area contributed by atoms with Gasteiger partial charge in [-0.1, -0.05) is 52.0 Å². The zero-order valence-electron chi connectivity index (χ0n) is 13.6. The molecule has 1 N–H and O–H groups in total. The number of aliphatic hydroxyl groups excluding tert-OH is 1. The topological polar surface area (TPSA) is 50.9 Å². The van der Waals surface area contributed by atoms with Crippen molar-refractivity contribution in [3.05, 3.63) is 41.2 Å². The second-order valence-electron chi connectivity index (χ2n) is 6.95. The highest BCUT2D eigenvalue weighted by Gasteiger charge is 2.17. The van der Waals surface area contributed by atoms with Gasteiger partial charge < -0.3 is 5.11 Å². The Bertz CT molecular complexity index is 591. The molecule has 0 aliphatic carbocycles. The van der Waals surface area contributed by atoms with E-state index in [9.17, 15) is 5.11 Å². The molecule has 2 aromatic rings. The van der Waals surface area contributed by atoms with Gasteiger partial charge in [0, 0.05) is 0 Å². The summed E-state index contributed by atoms with van der Waals surface area (Å²) in [6, 6.07) is 8.41. The van der Waals surface area contributed by atoms with E-state index in [0.29, 0.717) is 11.6 Å². The summed E-state index contributed by atoms with van der Waals surface area (Å²) in [6.07, 6.45) is 0.851. The number of nitrogens with zero attached hydrogens (tertiary/aromatic N) is 3. The summed E-state index contributed by atoms with van der Waals surface area (Å²) in [5.74, 6) is 0.487. The standard InChI is InChI=1S/C17H25N3O/c1-12(2)10-16-15(11-21)18-19-20(16)14-8-6-13(7-9-14)17(3,4)5/h6-9,12,21H,10-11H2,1-5H3. The molecule has 2 rings (SSSR count). The van der Waals surface area contributed by atoms with E-state index in [2.05, 4.69) is 69.2 Å². The molecule has 114 valence electrons. The maximum absolute atomic E-state index is 9.43. The quantitative estimate of drug-likeness (QED) is 0.939. The van der Waals surface area contributed by atoms with Crippen LogP contribution in [0.2, 0.25) is 0 Å². The molecule has 0 fully saturated rings. The number of hydrogen-bond acceptors (Lipinski definition) is 3. The number of benzene rings is 1. The fourth-order valence-electron chi connectivity index (χ4n) is 2.36. The first kappa shape index (κ1) is 15.7. The molecule has 0 aliphatic rings. The van der Waals surface area contributed by atoms with Gasteiger partial charge in [-0.3, -0.25) is 0 Å². The molecule has 4 nitrogen and oxygen atoms in total. The second kappa shape index (κ2) is 5.98. The number of aromatic nitrogens is 3. The van der Waals surface area contributed by atoms with Crippen LogP contribution in [0.4, 0.5) is 0 Å². The fraction of sp³-hybridized carbons (Fsp3) is 0.529. The van der Waals surface area contributed by atoms with E-state index in [1.807, 2.05) is 4.68 Å². The first-order valence-electron chi connectivity index (χ1n) is 7.48. The monoisotopic (exact) mass is 287 g/mol. The predicted octanol–water partition coefficient (Wildman–Crippen LogP) is 3.26. The van der Waals surface area contributed by atoms with Gasteiger partial charge in [-0.25, -0.2) is 4.68 Å². The molecular weight excluding hydrogens is 262 g/mol. The maximum atomic E-state index is 9.43. The second-order valence-corrected chi connectivity index (χ2v) is 6.95. The highest BCUT2D eigenvalue weighted by atomic mass is 16.3. The largest absolute Gasteiger partial charge is 0.390 e. The van der Waals surface area contributed by atoms with E-state index in [1.54, 1.807) is 0 Å². The third-order valence-electron chi connectivity index (χ3n) is 3.57. The Morgan fingerprint density at radius 2 is 1.76 bits per heavy atom. The lowest BCUT2D eigenvalue weighted by atomic mass is 9.87. The van der Waals surface area contributed by atoms with Crippen molar-refractivity contribution in [2.75, 3.05) is 0 Å². The Kier molecular flexibility index (Phi) is 4.47. The van der Waals surface area contributed by atoms with Crippen molar-refractivity contribution < 1.29 is 5.11 Å². The van der Waals surface area contributed by atoms with Crippen molar-refractivity contribution in [2.24, 2.45) is 5.92 Å². The summed E-state index contributed by atoms with van der Waals surface area (Å²) < 4.78 is 1.85. The van der Waals surface area contributed by atoms with Crippen LogP contribution in [0.25, 0.3) is 5.69 Å². The summed E-state index contributed by atoms with van der Waals surface area (Å²) in [5.41, 5.74) is 4.09. The summed E-state index contributed by atoms with van der Waals surface area (Å²) in [4.78, 5) is 0. The van der Waals surface area contributed by atoms with Crippen LogP contribution in [0.1, 0.15) is 51.6 Å². The normalized spacial score (nSPS) is 12.1.